The highest BCUT2D eigenvalue weighted by atomic mass is 32.1. The van der Waals surface area contributed by atoms with Crippen LogP contribution in [0.25, 0.3) is 0 Å². The van der Waals surface area contributed by atoms with E-state index in [2.05, 4.69) is 21.5 Å². The number of nitrogens with zero attached hydrogens (tertiary/aromatic N) is 4. The molecule has 0 saturated carbocycles. The van der Waals surface area contributed by atoms with Gasteiger partial charge in [-0.3, -0.25) is 10.3 Å². The zero-order valence-electron chi connectivity index (χ0n) is 13.4. The molecule has 0 saturated heterocycles. The monoisotopic (exact) mass is 341 g/mol. The highest BCUT2D eigenvalue weighted by molar-refractivity contribution is 7.09. The van der Waals surface area contributed by atoms with Gasteiger partial charge in [-0.2, -0.15) is 5.10 Å². The normalized spacial score (nSPS) is 10.5. The molecule has 0 unspecified atom stereocenters. The van der Waals surface area contributed by atoms with Gasteiger partial charge in [0.05, 0.1) is 18.4 Å². The fraction of sp³-hybridized carbons (Fsp3) is 0.235. The summed E-state index contributed by atoms with van der Waals surface area (Å²) in [5.74, 6) is 0.661. The van der Waals surface area contributed by atoms with Crippen molar-refractivity contribution in [2.45, 2.75) is 13.0 Å². The van der Waals surface area contributed by atoms with E-state index < -0.39 is 0 Å². The number of nitrogens with one attached hydrogen (secondary N) is 1. The van der Waals surface area contributed by atoms with Gasteiger partial charge in [0.2, 0.25) is 0 Å². The summed E-state index contributed by atoms with van der Waals surface area (Å²) < 4.78 is 1.73. The van der Waals surface area contributed by atoms with E-state index in [1.807, 2.05) is 29.6 Å². The molecular formula is C17H19N5OS. The van der Waals surface area contributed by atoms with Crippen LogP contribution in [-0.2, 0) is 13.0 Å². The lowest BCUT2D eigenvalue weighted by molar-refractivity contribution is 0.223. The SMILES string of the molecule is CN(CCc1cccs1)C(=O)Nc1ccnn1Cc1ccccn1. The van der Waals surface area contributed by atoms with Gasteiger partial charge in [-0.05, 0) is 30.0 Å². The van der Waals surface area contributed by atoms with Crippen molar-refractivity contribution in [2.24, 2.45) is 0 Å². The predicted molar refractivity (Wildman–Crippen MR) is 95.2 cm³/mol. The summed E-state index contributed by atoms with van der Waals surface area (Å²) in [5.41, 5.74) is 0.891. The van der Waals surface area contributed by atoms with E-state index in [0.717, 1.165) is 12.1 Å². The smallest absolute Gasteiger partial charge is 0.322 e. The first kappa shape index (κ1) is 16.2. The maximum absolute atomic E-state index is 12.3. The summed E-state index contributed by atoms with van der Waals surface area (Å²) >= 11 is 1.71. The van der Waals surface area contributed by atoms with Crippen molar-refractivity contribution in [3.05, 3.63) is 64.7 Å². The lowest BCUT2D eigenvalue weighted by Crippen LogP contribution is -2.33. The average molecular weight is 341 g/mol. The molecular weight excluding hydrogens is 322 g/mol. The Kier molecular flexibility index (Phi) is 5.22. The molecule has 3 rings (SSSR count). The first-order chi connectivity index (χ1) is 11.7. The minimum Gasteiger partial charge on any atom is -0.327 e. The number of thiophene rings is 1. The van der Waals surface area contributed by atoms with Crippen LogP contribution in [0.2, 0.25) is 0 Å². The number of carbonyl (C=O) groups excluding carboxylic acids is 1. The number of pyridine rings is 1. The highest BCUT2D eigenvalue weighted by Crippen LogP contribution is 2.11. The molecule has 0 bridgehead atoms. The molecule has 0 atom stereocenters. The molecule has 124 valence electrons. The van der Waals surface area contributed by atoms with E-state index >= 15 is 0 Å². The van der Waals surface area contributed by atoms with E-state index in [-0.39, 0.29) is 6.03 Å². The standard InChI is InChI=1S/C17H19N5OS/c1-21(11-8-15-6-4-12-24-15)17(23)20-16-7-10-19-22(16)13-14-5-2-3-9-18-14/h2-7,9-10,12H,8,11,13H2,1H3,(H,20,23). The van der Waals surface area contributed by atoms with Crippen molar-refractivity contribution in [1.82, 2.24) is 19.7 Å². The molecule has 0 spiro atoms. The molecule has 1 N–H and O–H groups in total. The number of urea groups is 1. The van der Waals surface area contributed by atoms with Crippen molar-refractivity contribution in [3.8, 4) is 0 Å². The Labute approximate surface area is 144 Å². The Morgan fingerprint density at radius 3 is 2.92 bits per heavy atom. The van der Waals surface area contributed by atoms with Gasteiger partial charge in [0.1, 0.15) is 5.82 Å². The first-order valence-electron chi connectivity index (χ1n) is 7.68. The van der Waals surface area contributed by atoms with Crippen LogP contribution < -0.4 is 5.32 Å². The van der Waals surface area contributed by atoms with Gasteiger partial charge in [0, 0.05) is 30.7 Å². The van der Waals surface area contributed by atoms with E-state index in [0.29, 0.717) is 18.9 Å². The van der Waals surface area contributed by atoms with Gasteiger partial charge in [0.15, 0.2) is 0 Å². The number of anilines is 1. The minimum atomic E-state index is -0.144. The predicted octanol–water partition coefficient (Wildman–Crippen LogP) is 3.09. The Morgan fingerprint density at radius 1 is 1.25 bits per heavy atom. The summed E-state index contributed by atoms with van der Waals surface area (Å²) in [7, 11) is 1.79. The van der Waals surface area contributed by atoms with Crippen molar-refractivity contribution in [2.75, 3.05) is 18.9 Å². The lowest BCUT2D eigenvalue weighted by atomic mass is 10.3. The number of amides is 2. The number of likely N-dealkylation sites (N-methyl/N-ethyl adjacent to an activating group) is 1. The van der Waals surface area contributed by atoms with E-state index in [1.165, 1.54) is 4.88 Å². The molecule has 7 heteroatoms. The lowest BCUT2D eigenvalue weighted by Gasteiger charge is -2.18. The Hall–Kier alpha value is -2.67. The van der Waals surface area contributed by atoms with Crippen LogP contribution in [0.5, 0.6) is 0 Å². The third kappa shape index (κ3) is 4.20. The van der Waals surface area contributed by atoms with Crippen molar-refractivity contribution < 1.29 is 4.79 Å². The molecule has 2 amide bonds. The molecule has 0 aliphatic carbocycles. The molecule has 3 heterocycles. The van der Waals surface area contributed by atoms with Crippen LogP contribution in [0, 0.1) is 0 Å². The van der Waals surface area contributed by atoms with Gasteiger partial charge in [-0.25, -0.2) is 9.48 Å². The zero-order chi connectivity index (χ0) is 16.8. The third-order valence-electron chi connectivity index (χ3n) is 3.61. The second-order valence-electron chi connectivity index (χ2n) is 5.38. The van der Waals surface area contributed by atoms with Gasteiger partial charge < -0.3 is 4.90 Å². The van der Waals surface area contributed by atoms with Crippen molar-refractivity contribution in [3.63, 3.8) is 0 Å². The van der Waals surface area contributed by atoms with Gasteiger partial charge >= 0.3 is 6.03 Å². The summed E-state index contributed by atoms with van der Waals surface area (Å²) in [6.07, 6.45) is 4.27. The molecule has 24 heavy (non-hydrogen) atoms. The molecule has 6 nitrogen and oxygen atoms in total. The quantitative estimate of drug-likeness (QED) is 0.749. The highest BCUT2D eigenvalue weighted by Gasteiger charge is 2.12. The Balaban J connectivity index is 1.57. The average Bonchev–Trinajstić information content (AvgIpc) is 3.26. The van der Waals surface area contributed by atoms with Gasteiger partial charge in [-0.15, -0.1) is 11.3 Å². The number of hydrogen-bond donors (Lipinski definition) is 1. The Morgan fingerprint density at radius 2 is 2.17 bits per heavy atom. The van der Waals surface area contributed by atoms with Crippen LogP contribution in [0.1, 0.15) is 10.6 Å². The van der Waals surface area contributed by atoms with Crippen LogP contribution >= 0.6 is 11.3 Å². The van der Waals surface area contributed by atoms with Gasteiger partial charge in [0.25, 0.3) is 0 Å². The maximum atomic E-state index is 12.3. The van der Waals surface area contributed by atoms with Crippen LogP contribution in [0.4, 0.5) is 10.6 Å². The fourth-order valence-corrected chi connectivity index (χ4v) is 2.95. The molecule has 0 aliphatic heterocycles. The fourth-order valence-electron chi connectivity index (χ4n) is 2.25. The number of carbonyl (C=O) groups is 1. The van der Waals surface area contributed by atoms with E-state index in [4.69, 9.17) is 0 Å². The molecule has 3 aromatic rings. The number of rotatable bonds is 6. The second kappa shape index (κ2) is 7.74. The summed E-state index contributed by atoms with van der Waals surface area (Å²) in [5, 5.41) is 9.21. The largest absolute Gasteiger partial charge is 0.327 e. The third-order valence-corrected chi connectivity index (χ3v) is 4.55. The molecule has 0 aromatic carbocycles. The van der Waals surface area contributed by atoms with E-state index in [1.54, 1.807) is 46.4 Å². The van der Waals surface area contributed by atoms with Crippen molar-refractivity contribution >= 4 is 23.2 Å². The van der Waals surface area contributed by atoms with Crippen LogP contribution in [0.15, 0.2) is 54.2 Å². The summed E-state index contributed by atoms with van der Waals surface area (Å²) in [6.45, 7) is 1.18. The molecule has 0 aliphatic rings. The summed E-state index contributed by atoms with van der Waals surface area (Å²) in [6, 6.07) is 11.5. The second-order valence-corrected chi connectivity index (χ2v) is 6.41. The summed E-state index contributed by atoms with van der Waals surface area (Å²) in [4.78, 5) is 19.6. The molecule has 0 radical (unpaired) electrons. The van der Waals surface area contributed by atoms with E-state index in [9.17, 15) is 4.79 Å². The topological polar surface area (TPSA) is 63.1 Å². The van der Waals surface area contributed by atoms with Crippen molar-refractivity contribution in [1.29, 1.82) is 0 Å². The van der Waals surface area contributed by atoms with Crippen LogP contribution in [0.3, 0.4) is 0 Å². The van der Waals surface area contributed by atoms with Gasteiger partial charge in [-0.1, -0.05) is 12.1 Å². The molecule has 3 aromatic heterocycles. The van der Waals surface area contributed by atoms with Crippen LogP contribution in [-0.4, -0.2) is 39.3 Å². The first-order valence-corrected chi connectivity index (χ1v) is 8.56. The minimum absolute atomic E-state index is 0.144. The zero-order valence-corrected chi connectivity index (χ0v) is 14.2. The number of aromatic nitrogens is 3. The molecule has 0 fully saturated rings. The maximum Gasteiger partial charge on any atom is 0.322 e. The number of hydrogen-bond acceptors (Lipinski definition) is 4. The Bertz CT molecular complexity index is 769.